The van der Waals surface area contributed by atoms with Gasteiger partial charge in [-0.15, -0.1) is 6.58 Å². The predicted octanol–water partition coefficient (Wildman–Crippen LogP) is 3.73. The summed E-state index contributed by atoms with van der Waals surface area (Å²) >= 11 is 0. The summed E-state index contributed by atoms with van der Waals surface area (Å²) < 4.78 is 21.1. The highest BCUT2D eigenvalue weighted by Crippen LogP contribution is 2.33. The Labute approximate surface area is 218 Å². The lowest BCUT2D eigenvalue weighted by atomic mass is 9.78. The van der Waals surface area contributed by atoms with Crippen LogP contribution in [0.5, 0.6) is 11.5 Å². The Morgan fingerprint density at radius 2 is 1.27 bits per heavy atom. The molecule has 0 radical (unpaired) electrons. The molecule has 2 unspecified atom stereocenters. The summed E-state index contributed by atoms with van der Waals surface area (Å²) in [5.41, 5.74) is 2.07. The van der Waals surface area contributed by atoms with Gasteiger partial charge >= 0.3 is 11.9 Å². The third-order valence-corrected chi connectivity index (χ3v) is 5.54. The first-order valence-electron chi connectivity index (χ1n) is 11.9. The molecule has 37 heavy (non-hydrogen) atoms. The molecule has 8 heteroatoms. The van der Waals surface area contributed by atoms with Gasteiger partial charge in [0.2, 0.25) is 0 Å². The van der Waals surface area contributed by atoms with E-state index in [1.54, 1.807) is 0 Å². The van der Waals surface area contributed by atoms with Gasteiger partial charge in [-0.25, -0.2) is 4.79 Å². The lowest BCUT2D eigenvalue weighted by molar-refractivity contribution is -0.146. The number of esters is 2. The highest BCUT2D eigenvalue weighted by Gasteiger charge is 2.23. The van der Waals surface area contributed by atoms with Crippen LogP contribution in [-0.4, -0.2) is 60.8 Å². The van der Waals surface area contributed by atoms with Crippen molar-refractivity contribution < 1.29 is 38.7 Å². The van der Waals surface area contributed by atoms with Crippen molar-refractivity contribution in [3.8, 4) is 11.5 Å². The molecule has 0 spiro atoms. The van der Waals surface area contributed by atoms with E-state index in [9.17, 15) is 19.8 Å². The summed E-state index contributed by atoms with van der Waals surface area (Å²) in [6.07, 6.45) is -0.346. The lowest BCUT2D eigenvalue weighted by Crippen LogP contribution is -2.25. The summed E-state index contributed by atoms with van der Waals surface area (Å²) in [4.78, 5) is 22.7. The van der Waals surface area contributed by atoms with E-state index in [0.717, 1.165) is 11.1 Å². The van der Waals surface area contributed by atoms with Gasteiger partial charge in [-0.1, -0.05) is 50.8 Å². The molecule has 0 aliphatic heterocycles. The molecular weight excluding hydrogens is 476 g/mol. The highest BCUT2D eigenvalue weighted by molar-refractivity contribution is 5.86. The van der Waals surface area contributed by atoms with Crippen LogP contribution in [0.15, 0.2) is 73.3 Å². The van der Waals surface area contributed by atoms with Crippen molar-refractivity contribution >= 4 is 11.9 Å². The van der Waals surface area contributed by atoms with Crippen molar-refractivity contribution in [2.75, 3.05) is 26.4 Å². The molecule has 0 aliphatic carbocycles. The Kier molecular flexibility index (Phi) is 11.4. The van der Waals surface area contributed by atoms with Crippen LogP contribution in [0.4, 0.5) is 0 Å². The van der Waals surface area contributed by atoms with Gasteiger partial charge < -0.3 is 29.2 Å². The van der Waals surface area contributed by atoms with Crippen LogP contribution in [0.25, 0.3) is 0 Å². The fourth-order valence-corrected chi connectivity index (χ4v) is 3.24. The molecule has 2 rings (SSSR count). The molecule has 2 atom stereocenters. The minimum Gasteiger partial charge on any atom is -0.491 e. The summed E-state index contributed by atoms with van der Waals surface area (Å²) in [6, 6.07) is 15.1. The van der Waals surface area contributed by atoms with E-state index in [1.807, 2.05) is 48.5 Å². The van der Waals surface area contributed by atoms with E-state index in [1.165, 1.54) is 13.0 Å². The van der Waals surface area contributed by atoms with Crippen LogP contribution in [0.1, 0.15) is 38.3 Å². The van der Waals surface area contributed by atoms with Gasteiger partial charge in [-0.05, 0) is 42.3 Å². The van der Waals surface area contributed by atoms with Crippen LogP contribution in [0, 0.1) is 0 Å². The molecular formula is C29H36O8. The van der Waals surface area contributed by atoms with Crippen molar-refractivity contribution in [2.24, 2.45) is 0 Å². The number of hydrogen-bond donors (Lipinski definition) is 2. The first kappa shape index (κ1) is 29.6. The standard InChI is InChI=1S/C29H36O8/c1-6-7-27(32)36-18-23(30)16-34-25-12-8-21(9-13-25)29(4,5)22-10-14-26(15-11-22)35-17-24(31)19-37-28(33)20(2)3/h6,8-15,23-24,30-31H,1-2,7,16-19H2,3-5H3. The van der Waals surface area contributed by atoms with Crippen LogP contribution in [0.3, 0.4) is 0 Å². The molecule has 200 valence electrons. The molecule has 0 bridgehead atoms. The van der Waals surface area contributed by atoms with Gasteiger partial charge in [-0.3, -0.25) is 4.79 Å². The van der Waals surface area contributed by atoms with Crippen LogP contribution in [-0.2, 0) is 24.5 Å². The predicted molar refractivity (Wildman–Crippen MR) is 140 cm³/mol. The Morgan fingerprint density at radius 1 is 0.838 bits per heavy atom. The number of ether oxygens (including phenoxy) is 4. The summed E-state index contributed by atoms with van der Waals surface area (Å²) in [5, 5.41) is 19.9. The number of carbonyl (C=O) groups excluding carboxylic acids is 2. The zero-order chi connectivity index (χ0) is 27.4. The SMILES string of the molecule is C=CCC(=O)OCC(O)COc1ccc(C(C)(C)c2ccc(OCC(O)COC(=O)C(=C)C)cc2)cc1. The largest absolute Gasteiger partial charge is 0.491 e. The van der Waals surface area contributed by atoms with E-state index >= 15 is 0 Å². The van der Waals surface area contributed by atoms with Gasteiger partial charge in [0.15, 0.2) is 0 Å². The molecule has 0 saturated heterocycles. The first-order valence-corrected chi connectivity index (χ1v) is 11.9. The monoisotopic (exact) mass is 512 g/mol. The van der Waals surface area contributed by atoms with Crippen LogP contribution >= 0.6 is 0 Å². The zero-order valence-corrected chi connectivity index (χ0v) is 21.6. The van der Waals surface area contributed by atoms with Crippen molar-refractivity contribution in [3.05, 3.63) is 84.5 Å². The summed E-state index contributed by atoms with van der Waals surface area (Å²) in [7, 11) is 0. The number of carbonyl (C=O) groups is 2. The smallest absolute Gasteiger partial charge is 0.333 e. The molecule has 2 aromatic rings. The maximum Gasteiger partial charge on any atom is 0.333 e. The van der Waals surface area contributed by atoms with Crippen molar-refractivity contribution in [2.45, 2.75) is 44.8 Å². The van der Waals surface area contributed by atoms with Gasteiger partial charge in [0.25, 0.3) is 0 Å². The molecule has 0 aromatic heterocycles. The average Bonchev–Trinajstić information content (AvgIpc) is 2.88. The van der Waals surface area contributed by atoms with Crippen molar-refractivity contribution in [1.29, 1.82) is 0 Å². The van der Waals surface area contributed by atoms with Crippen molar-refractivity contribution in [1.82, 2.24) is 0 Å². The Balaban J connectivity index is 1.87. The second-order valence-electron chi connectivity index (χ2n) is 9.16. The fraction of sp³-hybridized carbons (Fsp3) is 0.379. The van der Waals surface area contributed by atoms with E-state index in [4.69, 9.17) is 18.9 Å². The number of rotatable bonds is 15. The molecule has 2 aromatic carbocycles. The third-order valence-electron chi connectivity index (χ3n) is 5.54. The quantitative estimate of drug-likeness (QED) is 0.211. The summed E-state index contributed by atoms with van der Waals surface area (Å²) in [6.45, 7) is 12.4. The molecule has 0 saturated carbocycles. The normalized spacial score (nSPS) is 12.7. The van der Waals surface area contributed by atoms with E-state index in [0.29, 0.717) is 11.5 Å². The zero-order valence-electron chi connectivity index (χ0n) is 21.6. The van der Waals surface area contributed by atoms with E-state index < -0.39 is 24.1 Å². The second-order valence-corrected chi connectivity index (χ2v) is 9.16. The first-order chi connectivity index (χ1) is 17.5. The second kappa shape index (κ2) is 14.2. The van der Waals surface area contributed by atoms with E-state index in [-0.39, 0.29) is 43.8 Å². The minimum atomic E-state index is -0.950. The minimum absolute atomic E-state index is 0.00338. The van der Waals surface area contributed by atoms with Crippen molar-refractivity contribution in [3.63, 3.8) is 0 Å². The third kappa shape index (κ3) is 9.74. The molecule has 0 aliphatic rings. The molecule has 0 heterocycles. The van der Waals surface area contributed by atoms with Gasteiger partial charge in [0.05, 0.1) is 6.42 Å². The molecule has 0 fully saturated rings. The topological polar surface area (TPSA) is 112 Å². The average molecular weight is 513 g/mol. The molecule has 0 amide bonds. The number of hydrogen-bond acceptors (Lipinski definition) is 8. The van der Waals surface area contributed by atoms with Gasteiger partial charge in [0, 0.05) is 11.0 Å². The van der Waals surface area contributed by atoms with Gasteiger partial charge in [-0.2, -0.15) is 0 Å². The Hall–Kier alpha value is -3.62. The Bertz CT molecular complexity index is 1040. The number of aliphatic hydroxyl groups excluding tert-OH is 2. The van der Waals surface area contributed by atoms with Crippen LogP contribution < -0.4 is 9.47 Å². The van der Waals surface area contributed by atoms with Gasteiger partial charge in [0.1, 0.15) is 50.1 Å². The Morgan fingerprint density at radius 3 is 1.68 bits per heavy atom. The molecule has 2 N–H and O–H groups in total. The maximum atomic E-state index is 11.4. The fourth-order valence-electron chi connectivity index (χ4n) is 3.24. The van der Waals surface area contributed by atoms with Crippen LogP contribution in [0.2, 0.25) is 0 Å². The maximum absolute atomic E-state index is 11.4. The number of aliphatic hydroxyl groups is 2. The van der Waals surface area contributed by atoms with E-state index in [2.05, 4.69) is 27.0 Å². The number of benzene rings is 2. The highest BCUT2D eigenvalue weighted by atomic mass is 16.6. The summed E-state index contributed by atoms with van der Waals surface area (Å²) in [5.74, 6) is 0.180. The lowest BCUT2D eigenvalue weighted by Gasteiger charge is -2.26. The molecule has 8 nitrogen and oxygen atoms in total.